The van der Waals surface area contributed by atoms with Gasteiger partial charge in [-0.25, -0.2) is 0 Å². The van der Waals surface area contributed by atoms with Crippen LogP contribution in [0.5, 0.6) is 0 Å². The van der Waals surface area contributed by atoms with Crippen molar-refractivity contribution in [3.8, 4) is 0 Å². The second-order valence-electron chi connectivity index (χ2n) is 3.18. The van der Waals surface area contributed by atoms with Crippen molar-refractivity contribution >= 4 is 17.6 Å². The number of nitrogens with zero attached hydrogens (tertiary/aromatic N) is 3. The van der Waals surface area contributed by atoms with Gasteiger partial charge in [0.1, 0.15) is 5.69 Å². The standard InChI is InChI=1S/C9H14N6O3/c1-14-5-6(15(17)18)4-7(14)8(16)12-2-3-13-9(10)11/h4-5H,2-3H2,1H3,(H,12,16)(H4,10,11,13)/i2D2,3D2. The Morgan fingerprint density at radius 3 is 2.89 bits per heavy atom. The molecule has 1 aromatic rings. The Bertz CT molecular complexity index is 637. The maximum Gasteiger partial charge on any atom is 0.287 e. The Hall–Kier alpha value is -2.58. The van der Waals surface area contributed by atoms with Gasteiger partial charge in [-0.2, -0.15) is 0 Å². The number of rotatable bonds is 5. The molecule has 0 aliphatic heterocycles. The van der Waals surface area contributed by atoms with Gasteiger partial charge in [-0.15, -0.1) is 0 Å². The van der Waals surface area contributed by atoms with Crippen LogP contribution in [0.1, 0.15) is 16.0 Å². The average molecular weight is 258 g/mol. The number of hydrogen-bond donors (Lipinski definition) is 3. The Morgan fingerprint density at radius 2 is 2.39 bits per heavy atom. The molecule has 0 radical (unpaired) electrons. The van der Waals surface area contributed by atoms with E-state index in [1.165, 1.54) is 7.05 Å². The number of nitrogens with two attached hydrogens (primary N) is 2. The van der Waals surface area contributed by atoms with Gasteiger partial charge in [-0.1, -0.05) is 0 Å². The summed E-state index contributed by atoms with van der Waals surface area (Å²) in [7, 11) is 1.35. The van der Waals surface area contributed by atoms with Crippen molar-refractivity contribution in [1.82, 2.24) is 9.88 Å². The van der Waals surface area contributed by atoms with E-state index in [4.69, 9.17) is 17.0 Å². The van der Waals surface area contributed by atoms with Crippen LogP contribution >= 0.6 is 0 Å². The molecule has 9 heteroatoms. The highest BCUT2D eigenvalue weighted by Gasteiger charge is 2.16. The van der Waals surface area contributed by atoms with Crippen molar-refractivity contribution in [3.63, 3.8) is 0 Å². The van der Waals surface area contributed by atoms with Gasteiger partial charge in [0.2, 0.25) is 0 Å². The molecule has 0 unspecified atom stereocenters. The second-order valence-corrected chi connectivity index (χ2v) is 3.18. The molecule has 18 heavy (non-hydrogen) atoms. The summed E-state index contributed by atoms with van der Waals surface area (Å²) in [5.41, 5.74) is 9.43. The molecular formula is C9H14N6O3. The van der Waals surface area contributed by atoms with Crippen LogP contribution in [-0.4, -0.2) is 34.4 Å². The van der Waals surface area contributed by atoms with Gasteiger partial charge >= 0.3 is 0 Å². The fourth-order valence-electron chi connectivity index (χ4n) is 1.11. The first-order valence-corrected chi connectivity index (χ1v) is 4.61. The van der Waals surface area contributed by atoms with Crippen LogP contribution in [0.25, 0.3) is 0 Å². The normalized spacial score (nSPS) is 14.7. The summed E-state index contributed by atoms with van der Waals surface area (Å²) in [5, 5.41) is 12.4. The number of aryl methyl sites for hydroxylation is 1. The van der Waals surface area contributed by atoms with Crippen LogP contribution in [0.3, 0.4) is 0 Å². The van der Waals surface area contributed by atoms with Crippen LogP contribution in [0, 0.1) is 10.1 Å². The zero-order valence-corrected chi connectivity index (χ0v) is 9.38. The van der Waals surface area contributed by atoms with E-state index >= 15 is 0 Å². The average Bonchev–Trinajstić information content (AvgIpc) is 2.68. The first kappa shape index (κ1) is 8.50. The minimum atomic E-state index is -2.95. The van der Waals surface area contributed by atoms with Gasteiger partial charge in [0.15, 0.2) is 5.96 Å². The molecule has 0 aliphatic carbocycles. The third-order valence-electron chi connectivity index (χ3n) is 1.85. The largest absolute Gasteiger partial charge is 0.370 e. The monoisotopic (exact) mass is 258 g/mol. The molecule has 0 fully saturated rings. The Labute approximate surface area is 108 Å². The number of aromatic nitrogens is 1. The van der Waals surface area contributed by atoms with Gasteiger partial charge in [-0.05, 0) is 0 Å². The molecule has 1 heterocycles. The fourth-order valence-corrected chi connectivity index (χ4v) is 1.11. The lowest BCUT2D eigenvalue weighted by Gasteiger charge is -2.03. The van der Waals surface area contributed by atoms with E-state index in [0.29, 0.717) is 0 Å². The SMILES string of the molecule is [2H]C([2H])(N=C(N)N)C([2H])([2H])NC(=O)c1cc([N+](=O)[O-])cn1C. The molecule has 0 atom stereocenters. The van der Waals surface area contributed by atoms with Crippen molar-refractivity contribution in [2.24, 2.45) is 23.5 Å². The number of nitro groups is 1. The van der Waals surface area contributed by atoms with Crippen molar-refractivity contribution in [2.75, 3.05) is 13.0 Å². The summed E-state index contributed by atoms with van der Waals surface area (Å²) in [5.74, 6) is -1.76. The highest BCUT2D eigenvalue weighted by atomic mass is 16.6. The molecule has 5 N–H and O–H groups in total. The summed E-state index contributed by atoms with van der Waals surface area (Å²) in [4.78, 5) is 25.0. The Morgan fingerprint density at radius 1 is 1.72 bits per heavy atom. The number of amides is 1. The van der Waals surface area contributed by atoms with Crippen molar-refractivity contribution in [1.29, 1.82) is 0 Å². The summed E-state index contributed by atoms with van der Waals surface area (Å²) in [6.07, 6.45) is 1.06. The molecule has 1 aromatic heterocycles. The first-order valence-electron chi connectivity index (χ1n) is 6.61. The molecule has 98 valence electrons. The molecule has 0 spiro atoms. The van der Waals surface area contributed by atoms with E-state index in [0.717, 1.165) is 16.8 Å². The van der Waals surface area contributed by atoms with Gasteiger partial charge < -0.3 is 21.4 Å². The Kier molecular flexibility index (Phi) is 2.67. The van der Waals surface area contributed by atoms with E-state index < -0.39 is 29.8 Å². The van der Waals surface area contributed by atoms with E-state index in [1.807, 2.05) is 0 Å². The quantitative estimate of drug-likeness (QED) is 0.267. The maximum absolute atomic E-state index is 12.0. The first-order chi connectivity index (χ1) is 9.87. The molecule has 0 aromatic carbocycles. The number of carbonyl (C=O) groups is 1. The van der Waals surface area contributed by atoms with Gasteiger partial charge in [0.05, 0.1) is 23.1 Å². The summed E-state index contributed by atoms with van der Waals surface area (Å²) in [6.45, 7) is -5.88. The fraction of sp³-hybridized carbons (Fsp3) is 0.333. The number of hydrogen-bond acceptors (Lipinski definition) is 4. The van der Waals surface area contributed by atoms with E-state index in [1.54, 1.807) is 5.32 Å². The van der Waals surface area contributed by atoms with Crippen LogP contribution < -0.4 is 16.8 Å². The predicted molar refractivity (Wildman–Crippen MR) is 65.1 cm³/mol. The molecule has 9 nitrogen and oxygen atoms in total. The lowest BCUT2D eigenvalue weighted by molar-refractivity contribution is -0.384. The molecule has 0 aliphatic rings. The van der Waals surface area contributed by atoms with Crippen LogP contribution in [0.2, 0.25) is 0 Å². The third kappa shape index (κ3) is 3.47. The molecular weight excluding hydrogens is 240 g/mol. The van der Waals surface area contributed by atoms with Crippen LogP contribution in [-0.2, 0) is 7.05 Å². The summed E-state index contributed by atoms with van der Waals surface area (Å²) >= 11 is 0. The highest BCUT2D eigenvalue weighted by Crippen LogP contribution is 2.14. The minimum Gasteiger partial charge on any atom is -0.370 e. The smallest absolute Gasteiger partial charge is 0.287 e. The van der Waals surface area contributed by atoms with Crippen LogP contribution in [0.4, 0.5) is 5.69 Å². The molecule has 1 rings (SSSR count). The molecule has 0 saturated carbocycles. The topological polar surface area (TPSA) is 142 Å². The highest BCUT2D eigenvalue weighted by molar-refractivity contribution is 5.93. The molecule has 0 bridgehead atoms. The van der Waals surface area contributed by atoms with E-state index in [-0.39, 0.29) is 11.4 Å². The number of aliphatic imine (C=N–C) groups is 1. The van der Waals surface area contributed by atoms with Crippen LogP contribution in [0.15, 0.2) is 17.3 Å². The summed E-state index contributed by atoms with van der Waals surface area (Å²) < 4.78 is 31.1. The van der Waals surface area contributed by atoms with Gasteiger partial charge in [-0.3, -0.25) is 19.9 Å². The Balaban J connectivity index is 3.06. The number of nitrogens with one attached hydrogen (secondary N) is 1. The summed E-state index contributed by atoms with van der Waals surface area (Å²) in [6, 6.07) is 0.932. The zero-order valence-electron chi connectivity index (χ0n) is 13.4. The zero-order chi connectivity index (χ0) is 17.3. The maximum atomic E-state index is 12.0. The second kappa shape index (κ2) is 5.66. The van der Waals surface area contributed by atoms with Gasteiger partial charge in [0.25, 0.3) is 11.6 Å². The van der Waals surface area contributed by atoms with E-state index in [9.17, 15) is 14.9 Å². The van der Waals surface area contributed by atoms with Gasteiger partial charge in [0, 0.05) is 19.6 Å². The lowest BCUT2D eigenvalue weighted by atomic mass is 10.4. The van der Waals surface area contributed by atoms with Crippen molar-refractivity contribution < 1.29 is 15.2 Å². The third-order valence-corrected chi connectivity index (χ3v) is 1.85. The minimum absolute atomic E-state index is 0.226. The van der Waals surface area contributed by atoms with E-state index in [2.05, 4.69) is 4.99 Å². The molecule has 1 amide bonds. The van der Waals surface area contributed by atoms with Crippen molar-refractivity contribution in [2.45, 2.75) is 0 Å². The number of guanidine groups is 1. The van der Waals surface area contributed by atoms with Crippen molar-refractivity contribution in [3.05, 3.63) is 28.1 Å². The molecule has 0 saturated heterocycles. The lowest BCUT2D eigenvalue weighted by Crippen LogP contribution is -2.29. The predicted octanol–water partition coefficient (Wildman–Crippen LogP) is -1.06. The number of carbonyl (C=O) groups excluding carboxylic acids is 1.